The van der Waals surface area contributed by atoms with Gasteiger partial charge in [-0.05, 0) is 29.7 Å². The fourth-order valence-electron chi connectivity index (χ4n) is 3.37. The Morgan fingerprint density at radius 3 is 2.66 bits per heavy atom. The molecule has 1 aliphatic rings. The van der Waals surface area contributed by atoms with Gasteiger partial charge in [0.15, 0.2) is 0 Å². The van der Waals surface area contributed by atoms with E-state index in [0.717, 1.165) is 25.1 Å². The van der Waals surface area contributed by atoms with Crippen LogP contribution in [-0.4, -0.2) is 40.6 Å². The number of nitrogens with zero attached hydrogens (tertiary/aromatic N) is 3. The van der Waals surface area contributed by atoms with Crippen molar-refractivity contribution >= 4 is 30.7 Å². The van der Waals surface area contributed by atoms with Crippen molar-refractivity contribution in [2.45, 2.75) is 19.4 Å². The molecule has 3 heterocycles. The van der Waals surface area contributed by atoms with Gasteiger partial charge in [0.2, 0.25) is 5.76 Å². The molecule has 1 saturated heterocycles. The summed E-state index contributed by atoms with van der Waals surface area (Å²) >= 11 is 0. The number of carbonyl (C=O) groups is 1. The molecule has 1 aromatic carbocycles. The molecule has 1 unspecified atom stereocenters. The lowest BCUT2D eigenvalue weighted by molar-refractivity contribution is 0.0592. The summed E-state index contributed by atoms with van der Waals surface area (Å²) in [6.45, 7) is 4.24. The van der Waals surface area contributed by atoms with E-state index in [9.17, 15) is 4.79 Å². The van der Waals surface area contributed by atoms with Crippen LogP contribution in [0, 0.1) is 0 Å². The van der Waals surface area contributed by atoms with Crippen molar-refractivity contribution in [1.82, 2.24) is 20.4 Å². The number of aromatic nitrogens is 2. The third-order valence-electron chi connectivity index (χ3n) is 4.93. The molecule has 154 valence electrons. The number of aryl methyl sites for hydroxylation is 1. The zero-order chi connectivity index (χ0) is 18.6. The Labute approximate surface area is 182 Å². The minimum absolute atomic E-state index is 0. The lowest BCUT2D eigenvalue weighted by Gasteiger charge is -2.36. The summed E-state index contributed by atoms with van der Waals surface area (Å²) in [5, 5.41) is 7.40. The largest absolute Gasteiger partial charge is 0.350 e. The number of hydrogen-bond donors (Lipinski definition) is 1. The summed E-state index contributed by atoms with van der Waals surface area (Å²) in [5.41, 5.74) is 3.66. The molecule has 1 atom stereocenters. The van der Waals surface area contributed by atoms with Crippen LogP contribution in [0.25, 0.3) is 11.4 Å². The van der Waals surface area contributed by atoms with Crippen LogP contribution in [0.2, 0.25) is 0 Å². The van der Waals surface area contributed by atoms with Crippen LogP contribution in [0.1, 0.15) is 34.6 Å². The summed E-state index contributed by atoms with van der Waals surface area (Å²) in [5.74, 6) is 0.100. The number of rotatable bonds is 4. The molecule has 1 N–H and O–H groups in total. The zero-order valence-corrected chi connectivity index (χ0v) is 17.7. The van der Waals surface area contributed by atoms with Gasteiger partial charge in [-0.15, -0.1) is 24.8 Å². The van der Waals surface area contributed by atoms with Gasteiger partial charge in [0.1, 0.15) is 5.69 Å². The Morgan fingerprint density at radius 2 is 1.97 bits per heavy atom. The van der Waals surface area contributed by atoms with Crippen LogP contribution in [0.5, 0.6) is 0 Å². The van der Waals surface area contributed by atoms with Crippen LogP contribution in [0.4, 0.5) is 0 Å². The van der Waals surface area contributed by atoms with Crippen molar-refractivity contribution in [3.8, 4) is 11.4 Å². The highest BCUT2D eigenvalue weighted by Gasteiger charge is 2.31. The van der Waals surface area contributed by atoms with Gasteiger partial charge in [0.05, 0.1) is 11.7 Å². The van der Waals surface area contributed by atoms with Crippen LogP contribution < -0.4 is 5.32 Å². The first-order valence-electron chi connectivity index (χ1n) is 9.25. The number of hydrogen-bond acceptors (Lipinski definition) is 5. The highest BCUT2D eigenvalue weighted by molar-refractivity contribution is 5.92. The maximum atomic E-state index is 13.1. The SMILES string of the molecule is CCc1ccc(C2CNCCN2C(=O)c2cc(-c3ccccn3)no2)cc1.Cl.Cl. The lowest BCUT2D eigenvalue weighted by atomic mass is 10.0. The van der Waals surface area contributed by atoms with Crippen molar-refractivity contribution in [2.24, 2.45) is 0 Å². The van der Waals surface area contributed by atoms with E-state index >= 15 is 0 Å². The normalized spacial score (nSPS) is 15.9. The summed E-state index contributed by atoms with van der Waals surface area (Å²) in [6, 6.07) is 15.7. The van der Waals surface area contributed by atoms with E-state index in [2.05, 4.69) is 46.6 Å². The number of piperazine rings is 1. The second-order valence-electron chi connectivity index (χ2n) is 6.60. The number of pyridine rings is 1. The minimum atomic E-state index is -0.143. The summed E-state index contributed by atoms with van der Waals surface area (Å²) in [7, 11) is 0. The molecular formula is C21H24Cl2N4O2. The maximum Gasteiger partial charge on any atom is 0.293 e. The van der Waals surface area contributed by atoms with Crippen LogP contribution in [0.3, 0.4) is 0 Å². The Balaban J connectivity index is 0.00000150. The lowest BCUT2D eigenvalue weighted by Crippen LogP contribution is -2.48. The number of benzene rings is 1. The second-order valence-corrected chi connectivity index (χ2v) is 6.60. The van der Waals surface area contributed by atoms with Gasteiger partial charge >= 0.3 is 0 Å². The van der Waals surface area contributed by atoms with Gasteiger partial charge in [0.25, 0.3) is 5.91 Å². The van der Waals surface area contributed by atoms with E-state index in [0.29, 0.717) is 17.9 Å². The predicted molar refractivity (Wildman–Crippen MR) is 117 cm³/mol. The standard InChI is InChI=1S/C21H22N4O2.2ClH/c1-2-15-6-8-16(9-7-15)19-14-22-11-12-25(19)21(26)20-13-18(24-27-20)17-5-3-4-10-23-17;;/h3-10,13,19,22H,2,11-12,14H2,1H3;2*1H. The summed E-state index contributed by atoms with van der Waals surface area (Å²) in [4.78, 5) is 19.2. The van der Waals surface area contributed by atoms with Crippen molar-refractivity contribution in [1.29, 1.82) is 0 Å². The predicted octanol–water partition coefficient (Wildman–Crippen LogP) is 3.93. The molecule has 2 aromatic heterocycles. The zero-order valence-electron chi connectivity index (χ0n) is 16.1. The molecule has 1 fully saturated rings. The quantitative estimate of drug-likeness (QED) is 0.673. The molecule has 4 rings (SSSR count). The maximum absolute atomic E-state index is 13.1. The third-order valence-corrected chi connectivity index (χ3v) is 4.93. The van der Waals surface area contributed by atoms with Gasteiger partial charge in [0, 0.05) is 31.9 Å². The molecule has 0 aliphatic carbocycles. The van der Waals surface area contributed by atoms with Crippen molar-refractivity contribution in [3.05, 3.63) is 71.6 Å². The molecule has 0 spiro atoms. The van der Waals surface area contributed by atoms with Crippen molar-refractivity contribution in [3.63, 3.8) is 0 Å². The molecule has 0 radical (unpaired) electrons. The molecule has 0 saturated carbocycles. The first kappa shape index (κ1) is 22.9. The van der Waals surface area contributed by atoms with Crippen LogP contribution >= 0.6 is 24.8 Å². The average molecular weight is 435 g/mol. The van der Waals surface area contributed by atoms with E-state index in [4.69, 9.17) is 4.52 Å². The number of amides is 1. The first-order chi connectivity index (χ1) is 13.3. The Kier molecular flexibility index (Phi) is 8.20. The van der Waals surface area contributed by atoms with E-state index in [1.165, 1.54) is 5.56 Å². The highest BCUT2D eigenvalue weighted by atomic mass is 35.5. The molecule has 1 amide bonds. The van der Waals surface area contributed by atoms with E-state index in [-0.39, 0.29) is 42.5 Å². The fourth-order valence-corrected chi connectivity index (χ4v) is 3.37. The minimum Gasteiger partial charge on any atom is -0.350 e. The van der Waals surface area contributed by atoms with Gasteiger partial charge in [-0.3, -0.25) is 9.78 Å². The van der Waals surface area contributed by atoms with Gasteiger partial charge in [-0.1, -0.05) is 42.4 Å². The molecular weight excluding hydrogens is 411 g/mol. The molecule has 6 nitrogen and oxygen atoms in total. The van der Waals surface area contributed by atoms with Crippen molar-refractivity contribution < 1.29 is 9.32 Å². The topological polar surface area (TPSA) is 71.3 Å². The third kappa shape index (κ3) is 4.96. The molecule has 8 heteroatoms. The summed E-state index contributed by atoms with van der Waals surface area (Å²) in [6.07, 6.45) is 2.69. The molecule has 29 heavy (non-hydrogen) atoms. The van der Waals surface area contributed by atoms with Gasteiger partial charge in [-0.2, -0.15) is 0 Å². The smallest absolute Gasteiger partial charge is 0.293 e. The highest BCUT2D eigenvalue weighted by Crippen LogP contribution is 2.26. The van der Waals surface area contributed by atoms with E-state index in [1.54, 1.807) is 12.3 Å². The Morgan fingerprint density at radius 1 is 1.17 bits per heavy atom. The van der Waals surface area contributed by atoms with Crippen molar-refractivity contribution in [2.75, 3.05) is 19.6 Å². The van der Waals surface area contributed by atoms with Crippen LogP contribution in [-0.2, 0) is 6.42 Å². The van der Waals surface area contributed by atoms with Crippen LogP contribution in [0.15, 0.2) is 59.3 Å². The van der Waals surface area contributed by atoms with E-state index in [1.807, 2.05) is 23.1 Å². The molecule has 3 aromatic rings. The Hall–Kier alpha value is -2.41. The molecule has 1 aliphatic heterocycles. The van der Waals surface area contributed by atoms with E-state index < -0.39 is 0 Å². The Bertz CT molecular complexity index is 916. The number of carbonyl (C=O) groups excluding carboxylic acids is 1. The molecule has 0 bridgehead atoms. The average Bonchev–Trinajstić information content (AvgIpc) is 3.24. The number of halogens is 2. The monoisotopic (exact) mass is 434 g/mol. The fraction of sp³-hybridized carbons (Fsp3) is 0.286. The van der Waals surface area contributed by atoms with Gasteiger partial charge in [-0.25, -0.2) is 0 Å². The summed E-state index contributed by atoms with van der Waals surface area (Å²) < 4.78 is 5.35. The van der Waals surface area contributed by atoms with Gasteiger partial charge < -0.3 is 14.7 Å². The second kappa shape index (κ2) is 10.4. The number of nitrogens with one attached hydrogen (secondary N) is 1. The first-order valence-corrected chi connectivity index (χ1v) is 9.25.